The van der Waals surface area contributed by atoms with Gasteiger partial charge in [0.15, 0.2) is 5.82 Å². The maximum atomic E-state index is 13.6. The lowest BCUT2D eigenvalue weighted by atomic mass is 10.2. The Labute approximate surface area is 113 Å². The summed E-state index contributed by atoms with van der Waals surface area (Å²) in [7, 11) is 1.68. The summed E-state index contributed by atoms with van der Waals surface area (Å²) in [6.45, 7) is 0.211. The Kier molecular flexibility index (Phi) is 2.60. The number of amides is 3. The van der Waals surface area contributed by atoms with E-state index in [1.807, 2.05) is 0 Å². The topological polar surface area (TPSA) is 93.2 Å². The van der Waals surface area contributed by atoms with Crippen LogP contribution in [0.4, 0.5) is 20.7 Å². The molecule has 1 aromatic carbocycles. The van der Waals surface area contributed by atoms with E-state index < -0.39 is 11.8 Å². The number of nitrogens with two attached hydrogens (primary N) is 1. The van der Waals surface area contributed by atoms with Gasteiger partial charge in [0.1, 0.15) is 5.82 Å². The van der Waals surface area contributed by atoms with Gasteiger partial charge in [0, 0.05) is 25.4 Å². The Morgan fingerprint density at radius 2 is 2.15 bits per heavy atom. The SMILES string of the molecule is Cn1nc(N2CCC(=O)NC2=O)c2cc(F)c(N)cc21. The molecule has 1 aliphatic heterocycles. The van der Waals surface area contributed by atoms with Crippen LogP contribution in [0.3, 0.4) is 0 Å². The summed E-state index contributed by atoms with van der Waals surface area (Å²) in [5.41, 5.74) is 6.17. The fourth-order valence-electron chi connectivity index (χ4n) is 2.24. The Balaban J connectivity index is 2.14. The van der Waals surface area contributed by atoms with Crippen molar-refractivity contribution >= 4 is 34.3 Å². The zero-order chi connectivity index (χ0) is 14.4. The van der Waals surface area contributed by atoms with E-state index in [2.05, 4.69) is 10.4 Å². The molecule has 1 saturated heterocycles. The maximum absolute atomic E-state index is 13.6. The minimum atomic E-state index is -0.569. The Morgan fingerprint density at radius 1 is 1.40 bits per heavy atom. The fraction of sp³-hybridized carbons (Fsp3) is 0.250. The molecule has 3 N–H and O–H groups in total. The zero-order valence-electron chi connectivity index (χ0n) is 10.7. The van der Waals surface area contributed by atoms with Crippen molar-refractivity contribution in [3.8, 4) is 0 Å². The van der Waals surface area contributed by atoms with Crippen LogP contribution in [0.5, 0.6) is 0 Å². The molecule has 20 heavy (non-hydrogen) atoms. The third kappa shape index (κ3) is 1.77. The monoisotopic (exact) mass is 277 g/mol. The molecule has 3 amide bonds. The van der Waals surface area contributed by atoms with E-state index in [1.165, 1.54) is 21.7 Å². The first-order valence-corrected chi connectivity index (χ1v) is 6.00. The molecule has 8 heteroatoms. The van der Waals surface area contributed by atoms with Crippen LogP contribution in [0.15, 0.2) is 12.1 Å². The first kappa shape index (κ1) is 12.4. The van der Waals surface area contributed by atoms with Crippen molar-refractivity contribution in [2.45, 2.75) is 6.42 Å². The molecule has 1 aliphatic rings. The van der Waals surface area contributed by atoms with E-state index in [0.717, 1.165) is 0 Å². The van der Waals surface area contributed by atoms with E-state index in [9.17, 15) is 14.0 Å². The second-order valence-corrected chi connectivity index (χ2v) is 4.59. The third-order valence-corrected chi connectivity index (χ3v) is 3.26. The number of nitrogens with zero attached hydrogens (tertiary/aromatic N) is 3. The van der Waals surface area contributed by atoms with E-state index in [1.54, 1.807) is 7.05 Å². The maximum Gasteiger partial charge on any atom is 0.329 e. The minimum Gasteiger partial charge on any atom is -0.396 e. The highest BCUT2D eigenvalue weighted by molar-refractivity contribution is 6.09. The predicted molar refractivity (Wildman–Crippen MR) is 70.6 cm³/mol. The van der Waals surface area contributed by atoms with Gasteiger partial charge in [-0.3, -0.25) is 19.7 Å². The van der Waals surface area contributed by atoms with Gasteiger partial charge in [-0.15, -0.1) is 0 Å². The smallest absolute Gasteiger partial charge is 0.329 e. The number of rotatable bonds is 1. The molecular formula is C12H12FN5O2. The molecule has 1 aromatic heterocycles. The number of fused-ring (bicyclic) bond motifs is 1. The Morgan fingerprint density at radius 3 is 2.85 bits per heavy atom. The van der Waals surface area contributed by atoms with Crippen LogP contribution in [0.2, 0.25) is 0 Å². The van der Waals surface area contributed by atoms with Crippen molar-refractivity contribution < 1.29 is 14.0 Å². The summed E-state index contributed by atoms with van der Waals surface area (Å²) in [6.07, 6.45) is 0.182. The van der Waals surface area contributed by atoms with Crippen LogP contribution in [0.1, 0.15) is 6.42 Å². The molecule has 1 fully saturated rings. The number of anilines is 2. The molecule has 0 bridgehead atoms. The molecule has 3 rings (SSSR count). The molecule has 0 spiro atoms. The Hall–Kier alpha value is -2.64. The van der Waals surface area contributed by atoms with Crippen LogP contribution in [0, 0.1) is 5.82 Å². The van der Waals surface area contributed by atoms with Gasteiger partial charge in [-0.2, -0.15) is 5.10 Å². The van der Waals surface area contributed by atoms with Crippen LogP contribution in [-0.4, -0.2) is 28.3 Å². The van der Waals surface area contributed by atoms with Crippen LogP contribution >= 0.6 is 0 Å². The molecule has 0 aliphatic carbocycles. The van der Waals surface area contributed by atoms with Gasteiger partial charge in [-0.1, -0.05) is 0 Å². The third-order valence-electron chi connectivity index (χ3n) is 3.26. The number of urea groups is 1. The highest BCUT2D eigenvalue weighted by atomic mass is 19.1. The second kappa shape index (κ2) is 4.19. The van der Waals surface area contributed by atoms with Gasteiger partial charge in [-0.05, 0) is 12.1 Å². The average molecular weight is 277 g/mol. The van der Waals surface area contributed by atoms with E-state index >= 15 is 0 Å². The second-order valence-electron chi connectivity index (χ2n) is 4.59. The van der Waals surface area contributed by atoms with Gasteiger partial charge >= 0.3 is 6.03 Å². The van der Waals surface area contributed by atoms with Crippen molar-refractivity contribution in [3.63, 3.8) is 0 Å². The summed E-state index contributed by atoms with van der Waals surface area (Å²) in [5.74, 6) is -0.589. The van der Waals surface area contributed by atoms with Gasteiger partial charge in [0.2, 0.25) is 5.91 Å². The molecule has 0 saturated carbocycles. The number of halogens is 1. The lowest BCUT2D eigenvalue weighted by molar-refractivity contribution is -0.120. The first-order valence-electron chi connectivity index (χ1n) is 6.00. The van der Waals surface area contributed by atoms with Gasteiger partial charge in [-0.25, -0.2) is 9.18 Å². The van der Waals surface area contributed by atoms with Crippen molar-refractivity contribution in [3.05, 3.63) is 17.9 Å². The van der Waals surface area contributed by atoms with Crippen molar-refractivity contribution in [2.75, 3.05) is 17.2 Å². The average Bonchev–Trinajstić information content (AvgIpc) is 2.67. The number of benzene rings is 1. The quantitative estimate of drug-likeness (QED) is 0.752. The van der Waals surface area contributed by atoms with E-state index in [0.29, 0.717) is 16.7 Å². The fourth-order valence-corrected chi connectivity index (χ4v) is 2.24. The van der Waals surface area contributed by atoms with Crippen molar-refractivity contribution in [2.24, 2.45) is 7.05 Å². The number of nitrogen functional groups attached to an aromatic ring is 1. The van der Waals surface area contributed by atoms with Gasteiger partial charge in [0.05, 0.1) is 11.2 Å². The number of hydrogen-bond donors (Lipinski definition) is 2. The lowest BCUT2D eigenvalue weighted by Gasteiger charge is -2.24. The Bertz CT molecular complexity index is 739. The molecular weight excluding hydrogens is 265 g/mol. The highest BCUT2D eigenvalue weighted by Crippen LogP contribution is 2.29. The van der Waals surface area contributed by atoms with Gasteiger partial charge in [0.25, 0.3) is 0 Å². The highest BCUT2D eigenvalue weighted by Gasteiger charge is 2.28. The molecule has 0 atom stereocenters. The predicted octanol–water partition coefficient (Wildman–Crippen LogP) is 0.741. The van der Waals surface area contributed by atoms with E-state index in [-0.39, 0.29) is 24.6 Å². The number of nitrogens with one attached hydrogen (secondary N) is 1. The summed E-state index contributed by atoms with van der Waals surface area (Å²) in [6, 6.07) is 2.16. The molecule has 0 radical (unpaired) electrons. The molecule has 2 aromatic rings. The minimum absolute atomic E-state index is 0.0188. The van der Waals surface area contributed by atoms with Crippen molar-refractivity contribution in [1.82, 2.24) is 15.1 Å². The molecule has 0 unspecified atom stereocenters. The first-order chi connectivity index (χ1) is 9.47. The summed E-state index contributed by atoms with van der Waals surface area (Å²) < 4.78 is 15.1. The molecule has 104 valence electrons. The zero-order valence-corrected chi connectivity index (χ0v) is 10.7. The van der Waals surface area contributed by atoms with Gasteiger partial charge < -0.3 is 5.73 Å². The number of aromatic nitrogens is 2. The largest absolute Gasteiger partial charge is 0.396 e. The van der Waals surface area contributed by atoms with Crippen molar-refractivity contribution in [1.29, 1.82) is 0 Å². The van der Waals surface area contributed by atoms with Crippen LogP contribution in [-0.2, 0) is 11.8 Å². The number of carbonyl (C=O) groups excluding carboxylic acids is 2. The number of hydrogen-bond acceptors (Lipinski definition) is 4. The molecule has 2 heterocycles. The van der Waals surface area contributed by atoms with Crippen LogP contribution in [0.25, 0.3) is 10.9 Å². The lowest BCUT2D eigenvalue weighted by Crippen LogP contribution is -2.49. The number of carbonyl (C=O) groups is 2. The number of aryl methyl sites for hydroxylation is 1. The standard InChI is InChI=1S/C12H12FN5O2/c1-17-9-5-8(14)7(13)4-6(9)11(16-17)18-3-2-10(19)15-12(18)20/h4-5H,2-3,14H2,1H3,(H,15,19,20). The molecule has 7 nitrogen and oxygen atoms in total. The van der Waals surface area contributed by atoms with E-state index in [4.69, 9.17) is 5.73 Å². The summed E-state index contributed by atoms with van der Waals surface area (Å²) >= 11 is 0. The summed E-state index contributed by atoms with van der Waals surface area (Å²) in [5, 5.41) is 6.90. The van der Waals surface area contributed by atoms with Crippen LogP contribution < -0.4 is 16.0 Å². The normalized spacial score (nSPS) is 15.8. The number of imide groups is 1. The summed E-state index contributed by atoms with van der Waals surface area (Å²) in [4.78, 5) is 24.3.